The first kappa shape index (κ1) is 17.7. The van der Waals surface area contributed by atoms with Gasteiger partial charge in [0.1, 0.15) is 23.5 Å². The summed E-state index contributed by atoms with van der Waals surface area (Å²) < 4.78 is 89.9. The van der Waals surface area contributed by atoms with Crippen molar-refractivity contribution in [3.8, 4) is 17.6 Å². The molecule has 2 atom stereocenters. The molecule has 2 aromatic rings. The highest BCUT2D eigenvalue weighted by Crippen LogP contribution is 2.68. The lowest BCUT2D eigenvalue weighted by atomic mass is 9.95. The summed E-state index contributed by atoms with van der Waals surface area (Å²) in [7, 11) is 0. The number of nitrogens with zero attached hydrogens (tertiary/aromatic N) is 1. The Morgan fingerprint density at radius 2 is 1.85 bits per heavy atom. The Balaban J connectivity index is 1.89. The van der Waals surface area contributed by atoms with E-state index >= 15 is 0 Å². The van der Waals surface area contributed by atoms with Gasteiger partial charge >= 0.3 is 11.8 Å². The topological polar surface area (TPSA) is 53.2 Å². The SMILES string of the molecule is N#Cc1cc(F)cc(Oc2ccc3c4c2[C@H](F)CC4(O)C(F)(F)C3(F)F)c1. The maximum absolute atomic E-state index is 14.5. The highest BCUT2D eigenvalue weighted by Gasteiger charge is 2.79. The fourth-order valence-electron chi connectivity index (χ4n) is 3.70. The van der Waals surface area contributed by atoms with Crippen LogP contribution in [-0.4, -0.2) is 11.0 Å². The number of aliphatic hydroxyl groups is 1. The van der Waals surface area contributed by atoms with Gasteiger partial charge in [-0.2, -0.15) is 22.8 Å². The average molecular weight is 385 g/mol. The van der Waals surface area contributed by atoms with Crippen LogP contribution in [0.25, 0.3) is 0 Å². The summed E-state index contributed by atoms with van der Waals surface area (Å²) in [6.07, 6.45) is -3.45. The Morgan fingerprint density at radius 3 is 2.52 bits per heavy atom. The second-order valence-corrected chi connectivity index (χ2v) is 6.47. The predicted molar refractivity (Wildman–Crippen MR) is 78.8 cm³/mol. The molecule has 0 heterocycles. The van der Waals surface area contributed by atoms with Gasteiger partial charge < -0.3 is 9.84 Å². The highest BCUT2D eigenvalue weighted by atomic mass is 19.3. The van der Waals surface area contributed by atoms with Crippen LogP contribution in [-0.2, 0) is 11.5 Å². The van der Waals surface area contributed by atoms with Crippen molar-refractivity contribution in [2.24, 2.45) is 0 Å². The van der Waals surface area contributed by atoms with Gasteiger partial charge in [-0.3, -0.25) is 0 Å². The van der Waals surface area contributed by atoms with Crippen LogP contribution in [0, 0.1) is 17.1 Å². The number of rotatable bonds is 2. The third-order valence-corrected chi connectivity index (χ3v) is 4.89. The van der Waals surface area contributed by atoms with Gasteiger partial charge in [-0.1, -0.05) is 0 Å². The Kier molecular flexibility index (Phi) is 3.38. The van der Waals surface area contributed by atoms with E-state index in [0.717, 1.165) is 24.3 Å². The minimum atomic E-state index is -4.90. The van der Waals surface area contributed by atoms with E-state index in [-0.39, 0.29) is 11.3 Å². The Morgan fingerprint density at radius 1 is 1.15 bits per heavy atom. The first-order valence-corrected chi connectivity index (χ1v) is 7.71. The van der Waals surface area contributed by atoms with E-state index in [0.29, 0.717) is 6.07 Å². The quantitative estimate of drug-likeness (QED) is 0.754. The first-order valence-electron chi connectivity index (χ1n) is 7.71. The van der Waals surface area contributed by atoms with Gasteiger partial charge in [-0.05, 0) is 24.3 Å². The number of benzene rings is 2. The predicted octanol–water partition coefficient (Wildman–Crippen LogP) is 4.83. The lowest BCUT2D eigenvalue weighted by Crippen LogP contribution is -2.48. The van der Waals surface area contributed by atoms with E-state index in [9.17, 15) is 31.4 Å². The minimum Gasteiger partial charge on any atom is -0.457 e. The number of nitriles is 1. The normalized spacial score (nSPS) is 26.5. The van der Waals surface area contributed by atoms with Crippen LogP contribution in [0.3, 0.4) is 0 Å². The van der Waals surface area contributed by atoms with Crippen LogP contribution in [0.15, 0.2) is 30.3 Å². The van der Waals surface area contributed by atoms with Crippen LogP contribution in [0.5, 0.6) is 11.5 Å². The molecule has 9 heteroatoms. The molecule has 1 unspecified atom stereocenters. The molecule has 3 nitrogen and oxygen atoms in total. The molecular weight excluding hydrogens is 376 g/mol. The van der Waals surface area contributed by atoms with Crippen molar-refractivity contribution in [1.82, 2.24) is 0 Å². The van der Waals surface area contributed by atoms with Crippen molar-refractivity contribution in [1.29, 1.82) is 5.26 Å². The van der Waals surface area contributed by atoms with Crippen molar-refractivity contribution in [3.63, 3.8) is 0 Å². The van der Waals surface area contributed by atoms with Gasteiger partial charge in [0.15, 0.2) is 5.60 Å². The molecule has 0 aliphatic heterocycles. The highest BCUT2D eigenvalue weighted by molar-refractivity contribution is 5.60. The van der Waals surface area contributed by atoms with E-state index in [4.69, 9.17) is 10.00 Å². The molecule has 0 saturated carbocycles. The molecule has 4 rings (SSSR count). The summed E-state index contributed by atoms with van der Waals surface area (Å²) in [5.74, 6) is -11.1. The fourth-order valence-corrected chi connectivity index (χ4v) is 3.70. The van der Waals surface area contributed by atoms with Crippen molar-refractivity contribution < 1.29 is 36.2 Å². The van der Waals surface area contributed by atoms with Crippen LogP contribution in [0.2, 0.25) is 0 Å². The van der Waals surface area contributed by atoms with E-state index in [1.54, 1.807) is 6.07 Å². The average Bonchev–Trinajstić information content (AvgIpc) is 2.92. The van der Waals surface area contributed by atoms with Crippen molar-refractivity contribution in [3.05, 3.63) is 58.4 Å². The molecule has 0 fully saturated rings. The largest absolute Gasteiger partial charge is 0.457 e. The smallest absolute Gasteiger partial charge is 0.346 e. The maximum atomic E-state index is 14.5. The molecule has 2 aromatic carbocycles. The molecule has 0 saturated heterocycles. The Labute approximate surface area is 148 Å². The Bertz CT molecular complexity index is 1020. The maximum Gasteiger partial charge on any atom is 0.346 e. The molecule has 27 heavy (non-hydrogen) atoms. The van der Waals surface area contributed by atoms with Crippen molar-refractivity contribution in [2.75, 3.05) is 0 Å². The third-order valence-electron chi connectivity index (χ3n) is 4.89. The fraction of sp³-hybridized carbons (Fsp3) is 0.278. The van der Waals surface area contributed by atoms with E-state index < -0.39 is 58.3 Å². The van der Waals surface area contributed by atoms with Crippen LogP contribution >= 0.6 is 0 Å². The number of hydrogen-bond acceptors (Lipinski definition) is 3. The first-order chi connectivity index (χ1) is 12.5. The summed E-state index contributed by atoms with van der Waals surface area (Å²) >= 11 is 0. The van der Waals surface area contributed by atoms with Gasteiger partial charge in [-0.25, -0.2) is 8.78 Å². The van der Waals surface area contributed by atoms with Crippen LogP contribution in [0.4, 0.5) is 26.3 Å². The lowest BCUT2D eigenvalue weighted by Gasteiger charge is -2.30. The van der Waals surface area contributed by atoms with E-state index in [2.05, 4.69) is 0 Å². The molecule has 2 aliphatic rings. The molecule has 0 amide bonds. The molecule has 1 N–H and O–H groups in total. The molecule has 0 radical (unpaired) electrons. The van der Waals surface area contributed by atoms with E-state index in [1.165, 1.54) is 0 Å². The zero-order chi connectivity index (χ0) is 19.8. The van der Waals surface area contributed by atoms with Crippen molar-refractivity contribution in [2.45, 2.75) is 30.0 Å². The summed E-state index contributed by atoms with van der Waals surface area (Å²) in [6, 6.07) is 6.04. The standard InChI is InChI=1S/C18H9F6NO2/c19-9-3-8(7-25)4-10(5-9)27-13-2-1-11-15-14(13)12(20)6-16(15,26)18(23,24)17(11,21)22/h1-5,12,26H,6H2/t12-,16?/m1/s1. The zero-order valence-electron chi connectivity index (χ0n) is 13.2. The zero-order valence-corrected chi connectivity index (χ0v) is 13.2. The van der Waals surface area contributed by atoms with Gasteiger partial charge in [-0.15, -0.1) is 0 Å². The van der Waals surface area contributed by atoms with Gasteiger partial charge in [0.05, 0.1) is 11.6 Å². The monoisotopic (exact) mass is 385 g/mol. The second-order valence-electron chi connectivity index (χ2n) is 6.47. The number of halogens is 6. The summed E-state index contributed by atoms with van der Waals surface area (Å²) in [4.78, 5) is 0. The van der Waals surface area contributed by atoms with Gasteiger partial charge in [0.25, 0.3) is 0 Å². The number of alkyl halides is 5. The van der Waals surface area contributed by atoms with Crippen LogP contribution < -0.4 is 4.74 Å². The summed E-state index contributed by atoms with van der Waals surface area (Å²) in [5.41, 5.74) is -6.20. The van der Waals surface area contributed by atoms with Crippen molar-refractivity contribution >= 4 is 0 Å². The molecule has 2 aliphatic carbocycles. The van der Waals surface area contributed by atoms with Gasteiger partial charge in [0, 0.05) is 29.2 Å². The number of ether oxygens (including phenoxy) is 1. The molecule has 0 spiro atoms. The molecule has 0 aromatic heterocycles. The van der Waals surface area contributed by atoms with Gasteiger partial charge in [0.2, 0.25) is 0 Å². The number of hydrogen-bond donors (Lipinski definition) is 1. The lowest BCUT2D eigenvalue weighted by molar-refractivity contribution is -0.287. The summed E-state index contributed by atoms with van der Waals surface area (Å²) in [5, 5.41) is 19.1. The molecule has 140 valence electrons. The summed E-state index contributed by atoms with van der Waals surface area (Å²) in [6.45, 7) is 0. The molecular formula is C18H9F6NO2. The molecule has 0 bridgehead atoms. The Hall–Kier alpha value is -2.73. The third kappa shape index (κ3) is 2.07. The van der Waals surface area contributed by atoms with E-state index in [1.807, 2.05) is 0 Å². The van der Waals surface area contributed by atoms with Crippen LogP contribution in [0.1, 0.15) is 34.8 Å². The second kappa shape index (κ2) is 5.16. The minimum absolute atomic E-state index is 0.117.